The Balaban J connectivity index is 1.64. The van der Waals surface area contributed by atoms with Crippen LogP contribution in [0.1, 0.15) is 48.7 Å². The van der Waals surface area contributed by atoms with Gasteiger partial charge in [0.25, 0.3) is 5.91 Å². The van der Waals surface area contributed by atoms with Crippen molar-refractivity contribution in [1.82, 2.24) is 9.80 Å². The van der Waals surface area contributed by atoms with Gasteiger partial charge < -0.3 is 10.2 Å². The second-order valence-corrected chi connectivity index (χ2v) is 7.29. The number of nitrogens with zero attached hydrogens (tertiary/aromatic N) is 2. The summed E-state index contributed by atoms with van der Waals surface area (Å²) < 4.78 is 13.2. The second-order valence-electron chi connectivity index (χ2n) is 7.29. The van der Waals surface area contributed by atoms with Gasteiger partial charge in [-0.1, -0.05) is 18.2 Å². The van der Waals surface area contributed by atoms with E-state index in [0.717, 1.165) is 24.9 Å². The molecule has 0 bridgehead atoms. The van der Waals surface area contributed by atoms with Gasteiger partial charge >= 0.3 is 0 Å². The molecule has 0 spiro atoms. The largest absolute Gasteiger partial charge is 0.339 e. The van der Waals surface area contributed by atoms with Crippen LogP contribution in [-0.2, 0) is 4.79 Å². The maximum atomic E-state index is 13.2. The molecule has 2 aromatic rings. The van der Waals surface area contributed by atoms with E-state index in [1.54, 1.807) is 41.3 Å². The summed E-state index contributed by atoms with van der Waals surface area (Å²) in [4.78, 5) is 29.0. The molecule has 1 aliphatic heterocycles. The zero-order valence-electron chi connectivity index (χ0n) is 17.0. The van der Waals surface area contributed by atoms with Crippen molar-refractivity contribution in [1.29, 1.82) is 0 Å². The Bertz CT molecular complexity index is 849. The summed E-state index contributed by atoms with van der Waals surface area (Å²) in [6.45, 7) is 6.27. The molecule has 1 N–H and O–H groups in total. The first-order valence-corrected chi connectivity index (χ1v) is 10.2. The van der Waals surface area contributed by atoms with Crippen molar-refractivity contribution in [3.63, 3.8) is 0 Å². The molecule has 1 atom stereocenters. The summed E-state index contributed by atoms with van der Waals surface area (Å²) in [5.41, 5.74) is 2.21. The van der Waals surface area contributed by atoms with Crippen LogP contribution in [0.5, 0.6) is 0 Å². The second kappa shape index (κ2) is 9.65. The van der Waals surface area contributed by atoms with Crippen LogP contribution >= 0.6 is 0 Å². The van der Waals surface area contributed by atoms with Gasteiger partial charge in [0.15, 0.2) is 0 Å². The Morgan fingerprint density at radius 2 is 1.86 bits per heavy atom. The van der Waals surface area contributed by atoms with Gasteiger partial charge in [0, 0.05) is 30.4 Å². The van der Waals surface area contributed by atoms with E-state index in [9.17, 15) is 14.0 Å². The van der Waals surface area contributed by atoms with E-state index in [-0.39, 0.29) is 30.2 Å². The highest BCUT2D eigenvalue weighted by Crippen LogP contribution is 2.31. The highest BCUT2D eigenvalue weighted by molar-refractivity contribution is 5.97. The van der Waals surface area contributed by atoms with Crippen molar-refractivity contribution < 1.29 is 14.0 Å². The summed E-state index contributed by atoms with van der Waals surface area (Å²) >= 11 is 0. The molecule has 1 unspecified atom stereocenters. The molecule has 154 valence electrons. The standard InChI is InChI=1S/C23H28FN3O2/c1-3-26(4-2)23(29)18-7-5-8-20(15-18)25-22(28)16-27-14-6-9-21(27)17-10-12-19(24)13-11-17/h5,7-8,10-13,15,21H,3-4,6,9,14,16H2,1-2H3,(H,25,28). The molecular formula is C23H28FN3O2. The molecule has 1 saturated heterocycles. The Labute approximate surface area is 171 Å². The number of amides is 2. The quantitative estimate of drug-likeness (QED) is 0.766. The molecule has 1 heterocycles. The van der Waals surface area contributed by atoms with Crippen LogP contribution in [0.2, 0.25) is 0 Å². The van der Waals surface area contributed by atoms with Gasteiger partial charge in [-0.2, -0.15) is 0 Å². The van der Waals surface area contributed by atoms with E-state index in [4.69, 9.17) is 0 Å². The average Bonchev–Trinajstić information content (AvgIpc) is 3.17. The molecule has 1 aliphatic rings. The normalized spacial score (nSPS) is 16.6. The summed E-state index contributed by atoms with van der Waals surface area (Å²) in [5, 5.41) is 2.91. The van der Waals surface area contributed by atoms with Crippen molar-refractivity contribution in [3.05, 3.63) is 65.5 Å². The van der Waals surface area contributed by atoms with E-state index >= 15 is 0 Å². The zero-order valence-corrected chi connectivity index (χ0v) is 17.0. The summed E-state index contributed by atoms with van der Waals surface area (Å²) in [6.07, 6.45) is 1.95. The lowest BCUT2D eigenvalue weighted by molar-refractivity contribution is -0.117. The monoisotopic (exact) mass is 397 g/mol. The fraction of sp³-hybridized carbons (Fsp3) is 0.391. The minimum absolute atomic E-state index is 0.0398. The highest BCUT2D eigenvalue weighted by Gasteiger charge is 2.27. The Hall–Kier alpha value is -2.73. The van der Waals surface area contributed by atoms with E-state index in [1.165, 1.54) is 12.1 Å². The third kappa shape index (κ3) is 5.21. The van der Waals surface area contributed by atoms with Crippen LogP contribution < -0.4 is 5.32 Å². The number of halogens is 1. The van der Waals surface area contributed by atoms with Crippen molar-refractivity contribution in [3.8, 4) is 0 Å². The molecule has 29 heavy (non-hydrogen) atoms. The number of hydrogen-bond acceptors (Lipinski definition) is 3. The molecule has 0 saturated carbocycles. The van der Waals surface area contributed by atoms with Crippen molar-refractivity contribution in [2.45, 2.75) is 32.7 Å². The van der Waals surface area contributed by atoms with Crippen LogP contribution in [-0.4, -0.2) is 47.8 Å². The average molecular weight is 397 g/mol. The molecule has 1 fully saturated rings. The lowest BCUT2D eigenvalue weighted by Crippen LogP contribution is -2.33. The minimum atomic E-state index is -0.254. The fourth-order valence-electron chi connectivity index (χ4n) is 3.89. The van der Waals surface area contributed by atoms with Crippen LogP contribution in [0, 0.1) is 5.82 Å². The Morgan fingerprint density at radius 3 is 2.55 bits per heavy atom. The predicted octanol–water partition coefficient (Wildman–Crippen LogP) is 4.08. The number of hydrogen-bond donors (Lipinski definition) is 1. The molecule has 2 aromatic carbocycles. The molecular weight excluding hydrogens is 369 g/mol. The lowest BCUT2D eigenvalue weighted by atomic mass is 10.0. The van der Waals surface area contributed by atoms with E-state index in [1.807, 2.05) is 13.8 Å². The summed E-state index contributed by atoms with van der Waals surface area (Å²) in [6, 6.07) is 13.7. The van der Waals surface area contributed by atoms with Gasteiger partial charge in [-0.15, -0.1) is 0 Å². The molecule has 0 aliphatic carbocycles. The molecule has 6 heteroatoms. The first-order chi connectivity index (χ1) is 14.0. The van der Waals surface area contributed by atoms with E-state index < -0.39 is 0 Å². The predicted molar refractivity (Wildman–Crippen MR) is 112 cm³/mol. The number of likely N-dealkylation sites (tertiary alicyclic amines) is 1. The minimum Gasteiger partial charge on any atom is -0.339 e. The number of rotatable bonds is 7. The topological polar surface area (TPSA) is 52.7 Å². The van der Waals surface area contributed by atoms with E-state index in [0.29, 0.717) is 24.3 Å². The van der Waals surface area contributed by atoms with Crippen LogP contribution in [0.4, 0.5) is 10.1 Å². The molecule has 0 aromatic heterocycles. The maximum absolute atomic E-state index is 13.2. The summed E-state index contributed by atoms with van der Waals surface area (Å²) in [5.74, 6) is -0.413. The number of carbonyl (C=O) groups excluding carboxylic acids is 2. The van der Waals surface area contributed by atoms with Gasteiger partial charge in [-0.25, -0.2) is 4.39 Å². The van der Waals surface area contributed by atoms with Crippen LogP contribution in [0.15, 0.2) is 48.5 Å². The first kappa shape index (κ1) is 21.0. The zero-order chi connectivity index (χ0) is 20.8. The maximum Gasteiger partial charge on any atom is 0.253 e. The lowest BCUT2D eigenvalue weighted by Gasteiger charge is -2.24. The van der Waals surface area contributed by atoms with Gasteiger partial charge in [0.2, 0.25) is 5.91 Å². The van der Waals surface area contributed by atoms with Crippen molar-refractivity contribution >= 4 is 17.5 Å². The SMILES string of the molecule is CCN(CC)C(=O)c1cccc(NC(=O)CN2CCCC2c2ccc(F)cc2)c1. The number of anilines is 1. The molecule has 0 radical (unpaired) electrons. The number of carbonyl (C=O) groups is 2. The van der Waals surface area contributed by atoms with Gasteiger partial charge in [0.1, 0.15) is 5.82 Å². The van der Waals surface area contributed by atoms with Crippen molar-refractivity contribution in [2.24, 2.45) is 0 Å². The first-order valence-electron chi connectivity index (χ1n) is 10.2. The highest BCUT2D eigenvalue weighted by atomic mass is 19.1. The third-order valence-corrected chi connectivity index (χ3v) is 5.41. The molecule has 3 rings (SSSR count). The van der Waals surface area contributed by atoms with Crippen molar-refractivity contribution in [2.75, 3.05) is 31.5 Å². The number of benzene rings is 2. The molecule has 2 amide bonds. The fourth-order valence-corrected chi connectivity index (χ4v) is 3.89. The van der Waals surface area contributed by atoms with Gasteiger partial charge in [0.05, 0.1) is 6.54 Å². The Kier molecular flexibility index (Phi) is 6.99. The van der Waals surface area contributed by atoms with Gasteiger partial charge in [-0.05, 0) is 69.1 Å². The van der Waals surface area contributed by atoms with Crippen LogP contribution in [0.25, 0.3) is 0 Å². The third-order valence-electron chi connectivity index (χ3n) is 5.41. The van der Waals surface area contributed by atoms with Crippen LogP contribution in [0.3, 0.4) is 0 Å². The molecule has 5 nitrogen and oxygen atoms in total. The number of nitrogens with one attached hydrogen (secondary N) is 1. The Morgan fingerprint density at radius 1 is 1.14 bits per heavy atom. The smallest absolute Gasteiger partial charge is 0.253 e. The summed E-state index contributed by atoms with van der Waals surface area (Å²) in [7, 11) is 0. The van der Waals surface area contributed by atoms with Gasteiger partial charge in [-0.3, -0.25) is 14.5 Å². The van der Waals surface area contributed by atoms with E-state index in [2.05, 4.69) is 10.2 Å².